The van der Waals surface area contributed by atoms with Gasteiger partial charge in [-0.2, -0.15) is 0 Å². The number of hydrazine groups is 1. The van der Waals surface area contributed by atoms with Crippen LogP contribution in [0, 0.1) is 16.7 Å². The molecule has 0 saturated heterocycles. The van der Waals surface area contributed by atoms with E-state index in [1.165, 1.54) is 0 Å². The second kappa shape index (κ2) is 3.21. The highest BCUT2D eigenvalue weighted by Crippen LogP contribution is 2.68. The lowest BCUT2D eigenvalue weighted by atomic mass is 10.0. The first-order chi connectivity index (χ1) is 6.54. The van der Waals surface area contributed by atoms with Gasteiger partial charge in [0.25, 0.3) is 0 Å². The average Bonchev–Trinajstić information content (AvgIpc) is 2.37. The van der Waals surface area contributed by atoms with E-state index < -0.39 is 0 Å². The maximum absolute atomic E-state index is 5.58. The molecule has 0 aliphatic heterocycles. The molecule has 3 N–H and O–H groups in total. The van der Waals surface area contributed by atoms with E-state index in [2.05, 4.69) is 58.9 Å². The van der Waals surface area contributed by atoms with Gasteiger partial charge in [-0.3, -0.25) is 4.99 Å². The van der Waals surface area contributed by atoms with Crippen molar-refractivity contribution < 1.29 is 0 Å². The van der Waals surface area contributed by atoms with E-state index in [9.17, 15) is 0 Å². The highest BCUT2D eigenvalue weighted by Gasteiger charge is 2.67. The first-order valence-corrected chi connectivity index (χ1v) is 5.60. The molecule has 0 unspecified atom stereocenters. The minimum absolute atomic E-state index is 0.0730. The minimum Gasteiger partial charge on any atom is -0.312 e. The van der Waals surface area contributed by atoms with E-state index in [-0.39, 0.29) is 16.4 Å². The third kappa shape index (κ3) is 2.03. The topological polar surface area (TPSA) is 50.4 Å². The van der Waals surface area contributed by atoms with Crippen molar-refractivity contribution in [1.82, 2.24) is 5.43 Å². The van der Waals surface area contributed by atoms with Crippen LogP contribution in [0.1, 0.15) is 48.5 Å². The molecule has 88 valence electrons. The zero-order chi connectivity index (χ0) is 12.1. The third-order valence-corrected chi connectivity index (χ3v) is 3.90. The molecule has 0 atom stereocenters. The number of nitrogens with two attached hydrogens (primary N) is 1. The molecule has 1 aliphatic carbocycles. The monoisotopic (exact) mass is 211 g/mol. The number of amidine groups is 1. The second-order valence-corrected chi connectivity index (χ2v) is 6.69. The van der Waals surface area contributed by atoms with Crippen LogP contribution in [0.3, 0.4) is 0 Å². The van der Waals surface area contributed by atoms with Crippen LogP contribution >= 0.6 is 0 Å². The van der Waals surface area contributed by atoms with Gasteiger partial charge >= 0.3 is 0 Å². The lowest BCUT2D eigenvalue weighted by Gasteiger charge is -2.16. The molecule has 3 nitrogen and oxygen atoms in total. The van der Waals surface area contributed by atoms with Crippen molar-refractivity contribution in [2.24, 2.45) is 27.6 Å². The minimum atomic E-state index is -0.0730. The number of hydrogen-bond acceptors (Lipinski definition) is 2. The van der Waals surface area contributed by atoms with Crippen LogP contribution in [0.15, 0.2) is 4.99 Å². The van der Waals surface area contributed by atoms with E-state index in [4.69, 9.17) is 5.84 Å². The van der Waals surface area contributed by atoms with Gasteiger partial charge in [0, 0.05) is 5.92 Å². The molecule has 1 rings (SSSR count). The third-order valence-electron chi connectivity index (χ3n) is 3.90. The van der Waals surface area contributed by atoms with Gasteiger partial charge in [-0.05, 0) is 31.6 Å². The summed E-state index contributed by atoms with van der Waals surface area (Å²) in [4.78, 5) is 4.66. The Hall–Kier alpha value is -0.570. The van der Waals surface area contributed by atoms with Crippen LogP contribution in [0.5, 0.6) is 0 Å². The normalized spacial score (nSPS) is 25.2. The van der Waals surface area contributed by atoms with Crippen molar-refractivity contribution in [2.45, 2.75) is 54.0 Å². The predicted octanol–water partition coefficient (Wildman–Crippen LogP) is 2.33. The zero-order valence-electron chi connectivity index (χ0n) is 11.1. The summed E-state index contributed by atoms with van der Waals surface area (Å²) in [6.07, 6.45) is 0. The fourth-order valence-electron chi connectivity index (χ4n) is 2.42. The molecule has 15 heavy (non-hydrogen) atoms. The lowest BCUT2D eigenvalue weighted by Crippen LogP contribution is -2.36. The first kappa shape index (κ1) is 12.5. The molecule has 1 aliphatic rings. The summed E-state index contributed by atoms with van der Waals surface area (Å²) in [6, 6.07) is 0. The Morgan fingerprint density at radius 1 is 1.13 bits per heavy atom. The van der Waals surface area contributed by atoms with E-state index in [1.54, 1.807) is 0 Å². The maximum atomic E-state index is 5.58. The van der Waals surface area contributed by atoms with Gasteiger partial charge in [-0.1, -0.05) is 27.7 Å². The molecule has 0 radical (unpaired) electrons. The second-order valence-electron chi connectivity index (χ2n) is 6.69. The Balaban J connectivity index is 2.95. The first-order valence-electron chi connectivity index (χ1n) is 5.60. The molecule has 0 bridgehead atoms. The number of rotatable bonds is 1. The fraction of sp³-hybridized carbons (Fsp3) is 0.917. The molecule has 0 aromatic heterocycles. The standard InChI is InChI=1S/C12H25N3/c1-10(2,3)14-9(15-13)8-11(4,5)12(8,6)7/h8H,13H2,1-7H3,(H,14,15). The van der Waals surface area contributed by atoms with Crippen molar-refractivity contribution in [2.75, 3.05) is 0 Å². The van der Waals surface area contributed by atoms with Gasteiger partial charge in [-0.25, -0.2) is 5.84 Å². The number of hydrogen-bond donors (Lipinski definition) is 2. The molecule has 0 spiro atoms. The lowest BCUT2D eigenvalue weighted by molar-refractivity contribution is 0.457. The summed E-state index contributed by atoms with van der Waals surface area (Å²) >= 11 is 0. The average molecular weight is 211 g/mol. The predicted molar refractivity (Wildman–Crippen MR) is 65.6 cm³/mol. The van der Waals surface area contributed by atoms with Crippen LogP contribution in [0.4, 0.5) is 0 Å². The Morgan fingerprint density at radius 3 is 1.73 bits per heavy atom. The van der Waals surface area contributed by atoms with E-state index in [0.717, 1.165) is 5.84 Å². The van der Waals surface area contributed by atoms with Gasteiger partial charge in [0.15, 0.2) is 0 Å². The van der Waals surface area contributed by atoms with Crippen LogP contribution in [0.2, 0.25) is 0 Å². The fourth-order valence-corrected chi connectivity index (χ4v) is 2.42. The van der Waals surface area contributed by atoms with Crippen LogP contribution in [-0.4, -0.2) is 11.4 Å². The van der Waals surface area contributed by atoms with E-state index in [0.29, 0.717) is 5.92 Å². The van der Waals surface area contributed by atoms with Crippen LogP contribution in [-0.2, 0) is 0 Å². The highest BCUT2D eigenvalue weighted by atomic mass is 15.3. The highest BCUT2D eigenvalue weighted by molar-refractivity contribution is 5.89. The van der Waals surface area contributed by atoms with Crippen molar-refractivity contribution in [1.29, 1.82) is 0 Å². The van der Waals surface area contributed by atoms with Gasteiger partial charge < -0.3 is 5.43 Å². The molecule has 1 fully saturated rings. The van der Waals surface area contributed by atoms with Crippen molar-refractivity contribution in [3.63, 3.8) is 0 Å². The van der Waals surface area contributed by atoms with Gasteiger partial charge in [0.05, 0.1) is 5.54 Å². The number of nitrogens with zero attached hydrogens (tertiary/aromatic N) is 1. The molecular weight excluding hydrogens is 186 g/mol. The molecule has 0 aromatic carbocycles. The molecule has 0 amide bonds. The smallest absolute Gasteiger partial charge is 0.115 e. The van der Waals surface area contributed by atoms with Gasteiger partial charge in [0.1, 0.15) is 5.84 Å². The molecule has 1 saturated carbocycles. The number of nitrogens with one attached hydrogen (secondary N) is 1. The Kier molecular flexibility index (Phi) is 2.67. The summed E-state index contributed by atoms with van der Waals surface area (Å²) in [5.74, 6) is 6.96. The van der Waals surface area contributed by atoms with Crippen LogP contribution in [0.25, 0.3) is 0 Å². The molecule has 3 heteroatoms. The molecular formula is C12H25N3. The maximum Gasteiger partial charge on any atom is 0.115 e. The largest absolute Gasteiger partial charge is 0.312 e. The Morgan fingerprint density at radius 2 is 1.53 bits per heavy atom. The van der Waals surface area contributed by atoms with E-state index >= 15 is 0 Å². The van der Waals surface area contributed by atoms with Gasteiger partial charge in [0.2, 0.25) is 0 Å². The van der Waals surface area contributed by atoms with Crippen LogP contribution < -0.4 is 11.3 Å². The van der Waals surface area contributed by atoms with Crippen molar-refractivity contribution >= 4 is 5.84 Å². The Bertz CT molecular complexity index is 268. The summed E-state index contributed by atoms with van der Waals surface area (Å²) in [5, 5.41) is 0. The molecule has 0 aromatic rings. The van der Waals surface area contributed by atoms with Crippen molar-refractivity contribution in [3.05, 3.63) is 0 Å². The summed E-state index contributed by atoms with van der Waals surface area (Å²) in [5.41, 5.74) is 3.27. The van der Waals surface area contributed by atoms with Gasteiger partial charge in [-0.15, -0.1) is 0 Å². The SMILES string of the molecule is CC(C)(C)N=C(NN)C1C(C)(C)C1(C)C. The molecule has 0 heterocycles. The Labute approximate surface area is 93.5 Å². The van der Waals surface area contributed by atoms with E-state index in [1.807, 2.05) is 0 Å². The number of aliphatic imine (C=N–C) groups is 1. The zero-order valence-corrected chi connectivity index (χ0v) is 11.1. The quantitative estimate of drug-likeness (QED) is 0.303. The van der Waals surface area contributed by atoms with Crippen molar-refractivity contribution in [3.8, 4) is 0 Å². The summed E-state index contributed by atoms with van der Waals surface area (Å²) < 4.78 is 0. The summed E-state index contributed by atoms with van der Waals surface area (Å²) in [6.45, 7) is 15.4. The summed E-state index contributed by atoms with van der Waals surface area (Å²) in [7, 11) is 0.